The van der Waals surface area contributed by atoms with Crippen LogP contribution >= 0.6 is 0 Å². The van der Waals surface area contributed by atoms with Gasteiger partial charge in [0.05, 0.1) is 6.54 Å². The fraction of sp³-hybridized carbons (Fsp3) is 0.222. The normalized spacial score (nSPS) is 15.6. The molecule has 0 amide bonds. The smallest absolute Gasteiger partial charge is 0.216 e. The van der Waals surface area contributed by atoms with Crippen molar-refractivity contribution in [3.05, 3.63) is 35.6 Å². The molecule has 1 aliphatic heterocycles. The summed E-state index contributed by atoms with van der Waals surface area (Å²) >= 11 is 0. The number of hydrogen-bond donors (Lipinski definition) is 0. The summed E-state index contributed by atoms with van der Waals surface area (Å²) < 4.78 is 17.7. The molecule has 0 radical (unpaired) electrons. The Morgan fingerprint density at radius 1 is 1.25 bits per heavy atom. The van der Waals surface area contributed by atoms with E-state index in [1.807, 2.05) is 0 Å². The van der Waals surface area contributed by atoms with E-state index in [9.17, 15) is 4.39 Å². The van der Waals surface area contributed by atoms with Crippen LogP contribution in [0.1, 0.15) is 5.56 Å². The predicted octanol–water partition coefficient (Wildman–Crippen LogP) is 1.60. The average molecular weight is 165 g/mol. The minimum atomic E-state index is -0.239. The third-order valence-corrected chi connectivity index (χ3v) is 1.68. The first-order valence-corrected chi connectivity index (χ1v) is 3.79. The summed E-state index contributed by atoms with van der Waals surface area (Å²) in [7, 11) is 0. The van der Waals surface area contributed by atoms with Gasteiger partial charge in [-0.05, 0) is 24.3 Å². The number of ether oxygens (including phenoxy) is 1. The first-order chi connectivity index (χ1) is 5.86. The maximum absolute atomic E-state index is 12.5. The Labute approximate surface area is 69.7 Å². The molecule has 1 aromatic rings. The van der Waals surface area contributed by atoms with Crippen LogP contribution in [0, 0.1) is 5.82 Å². The molecule has 0 N–H and O–H groups in total. The molecular formula is C9H8FNO. The molecular weight excluding hydrogens is 157 g/mol. The quantitative estimate of drug-likeness (QED) is 0.619. The lowest BCUT2D eigenvalue weighted by molar-refractivity contribution is 0.348. The van der Waals surface area contributed by atoms with Crippen molar-refractivity contribution < 1.29 is 9.13 Å². The zero-order valence-electron chi connectivity index (χ0n) is 6.46. The lowest BCUT2D eigenvalue weighted by Crippen LogP contribution is -2.00. The summed E-state index contributed by atoms with van der Waals surface area (Å²) in [6.45, 7) is 1.33. The Balaban J connectivity index is 2.28. The van der Waals surface area contributed by atoms with Crippen molar-refractivity contribution in [2.24, 2.45) is 4.99 Å². The second-order valence-corrected chi connectivity index (χ2v) is 2.54. The van der Waals surface area contributed by atoms with E-state index < -0.39 is 0 Å². The number of nitrogens with zero attached hydrogens (tertiary/aromatic N) is 1. The van der Waals surface area contributed by atoms with Crippen LogP contribution < -0.4 is 0 Å². The van der Waals surface area contributed by atoms with Crippen LogP contribution in [0.25, 0.3) is 0 Å². The minimum absolute atomic E-state index is 0.239. The zero-order chi connectivity index (χ0) is 8.39. The van der Waals surface area contributed by atoms with Gasteiger partial charge in [-0.15, -0.1) is 0 Å². The molecule has 0 atom stereocenters. The Hall–Kier alpha value is -1.38. The summed E-state index contributed by atoms with van der Waals surface area (Å²) in [6.07, 6.45) is 0. The SMILES string of the molecule is Fc1ccc(C2=NCCO2)cc1. The zero-order valence-corrected chi connectivity index (χ0v) is 6.46. The summed E-state index contributed by atoms with van der Waals surface area (Å²) in [5.41, 5.74) is 0.842. The number of rotatable bonds is 1. The second-order valence-electron chi connectivity index (χ2n) is 2.54. The van der Waals surface area contributed by atoms with E-state index in [1.165, 1.54) is 12.1 Å². The van der Waals surface area contributed by atoms with E-state index in [1.54, 1.807) is 12.1 Å². The van der Waals surface area contributed by atoms with Crippen LogP contribution in [0.2, 0.25) is 0 Å². The third kappa shape index (κ3) is 1.30. The van der Waals surface area contributed by atoms with E-state index in [-0.39, 0.29) is 5.82 Å². The molecule has 62 valence electrons. The van der Waals surface area contributed by atoms with Gasteiger partial charge in [-0.1, -0.05) is 0 Å². The lowest BCUT2D eigenvalue weighted by Gasteiger charge is -1.99. The molecule has 0 unspecified atom stereocenters. The van der Waals surface area contributed by atoms with Crippen molar-refractivity contribution in [1.82, 2.24) is 0 Å². The van der Waals surface area contributed by atoms with Gasteiger partial charge in [-0.3, -0.25) is 0 Å². The number of hydrogen-bond acceptors (Lipinski definition) is 2. The molecule has 1 heterocycles. The highest BCUT2D eigenvalue weighted by atomic mass is 19.1. The van der Waals surface area contributed by atoms with Crippen molar-refractivity contribution in [3.8, 4) is 0 Å². The lowest BCUT2D eigenvalue weighted by atomic mass is 10.2. The number of aliphatic imine (C=N–C) groups is 1. The van der Waals surface area contributed by atoms with E-state index >= 15 is 0 Å². The summed E-state index contributed by atoms with van der Waals surface area (Å²) in [5.74, 6) is 0.382. The van der Waals surface area contributed by atoms with Gasteiger partial charge in [-0.2, -0.15) is 0 Å². The van der Waals surface area contributed by atoms with Crippen molar-refractivity contribution in [3.63, 3.8) is 0 Å². The molecule has 2 nitrogen and oxygen atoms in total. The minimum Gasteiger partial charge on any atom is -0.476 e. The molecule has 3 heteroatoms. The molecule has 0 aliphatic carbocycles. The van der Waals surface area contributed by atoms with Gasteiger partial charge in [-0.25, -0.2) is 9.38 Å². The highest BCUT2D eigenvalue weighted by molar-refractivity contribution is 5.94. The predicted molar refractivity (Wildman–Crippen MR) is 43.8 cm³/mol. The highest BCUT2D eigenvalue weighted by Crippen LogP contribution is 2.08. The van der Waals surface area contributed by atoms with Crippen LogP contribution in [0.5, 0.6) is 0 Å². The molecule has 12 heavy (non-hydrogen) atoms. The summed E-state index contributed by atoms with van der Waals surface area (Å²) in [6, 6.07) is 6.14. The maximum Gasteiger partial charge on any atom is 0.216 e. The first-order valence-electron chi connectivity index (χ1n) is 3.79. The molecule has 1 aliphatic rings. The van der Waals surface area contributed by atoms with Gasteiger partial charge in [0.15, 0.2) is 0 Å². The molecule has 0 saturated heterocycles. The van der Waals surface area contributed by atoms with E-state index in [2.05, 4.69) is 4.99 Å². The summed E-state index contributed by atoms with van der Waals surface area (Å²) in [4.78, 5) is 4.11. The van der Waals surface area contributed by atoms with Gasteiger partial charge >= 0.3 is 0 Å². The molecule has 0 spiro atoms. The van der Waals surface area contributed by atoms with Gasteiger partial charge in [0, 0.05) is 5.56 Å². The maximum atomic E-state index is 12.5. The fourth-order valence-corrected chi connectivity index (χ4v) is 1.10. The number of benzene rings is 1. The Bertz CT molecular complexity index is 305. The monoisotopic (exact) mass is 165 g/mol. The van der Waals surface area contributed by atoms with E-state index in [0.29, 0.717) is 19.0 Å². The molecule has 2 rings (SSSR count). The van der Waals surface area contributed by atoms with Crippen molar-refractivity contribution in [2.75, 3.05) is 13.2 Å². The summed E-state index contributed by atoms with van der Waals surface area (Å²) in [5, 5.41) is 0. The van der Waals surface area contributed by atoms with Gasteiger partial charge < -0.3 is 4.74 Å². The molecule has 0 bridgehead atoms. The van der Waals surface area contributed by atoms with Crippen LogP contribution in [0.3, 0.4) is 0 Å². The molecule has 0 aromatic heterocycles. The second kappa shape index (κ2) is 2.93. The van der Waals surface area contributed by atoms with Crippen LogP contribution in [0.15, 0.2) is 29.3 Å². The Morgan fingerprint density at radius 2 is 2.00 bits per heavy atom. The first kappa shape index (κ1) is 7.28. The van der Waals surface area contributed by atoms with Gasteiger partial charge in [0.1, 0.15) is 12.4 Å². The standard InChI is InChI=1S/C9H8FNO/c10-8-3-1-7(2-4-8)9-11-5-6-12-9/h1-4H,5-6H2. The fourth-order valence-electron chi connectivity index (χ4n) is 1.10. The molecule has 0 saturated carbocycles. The Morgan fingerprint density at radius 3 is 2.58 bits per heavy atom. The largest absolute Gasteiger partial charge is 0.476 e. The van der Waals surface area contributed by atoms with Crippen molar-refractivity contribution in [2.45, 2.75) is 0 Å². The van der Waals surface area contributed by atoms with E-state index in [4.69, 9.17) is 4.74 Å². The molecule has 0 fully saturated rings. The van der Waals surface area contributed by atoms with Crippen LogP contribution in [-0.4, -0.2) is 19.0 Å². The van der Waals surface area contributed by atoms with Crippen LogP contribution in [-0.2, 0) is 4.74 Å². The average Bonchev–Trinajstić information content (AvgIpc) is 2.58. The Kier molecular flexibility index (Phi) is 1.78. The van der Waals surface area contributed by atoms with Crippen molar-refractivity contribution >= 4 is 5.90 Å². The third-order valence-electron chi connectivity index (χ3n) is 1.68. The van der Waals surface area contributed by atoms with Gasteiger partial charge in [0.25, 0.3) is 0 Å². The van der Waals surface area contributed by atoms with E-state index in [0.717, 1.165) is 5.56 Å². The molecule has 1 aromatic carbocycles. The van der Waals surface area contributed by atoms with Crippen molar-refractivity contribution in [1.29, 1.82) is 0 Å². The number of halogens is 1. The van der Waals surface area contributed by atoms with Crippen LogP contribution in [0.4, 0.5) is 4.39 Å². The van der Waals surface area contributed by atoms with Gasteiger partial charge in [0.2, 0.25) is 5.90 Å². The topological polar surface area (TPSA) is 21.6 Å². The highest BCUT2D eigenvalue weighted by Gasteiger charge is 2.09.